The van der Waals surface area contributed by atoms with Crippen molar-refractivity contribution in [2.45, 2.75) is 19.9 Å². The van der Waals surface area contributed by atoms with Crippen molar-refractivity contribution in [3.05, 3.63) is 5.82 Å². The van der Waals surface area contributed by atoms with E-state index in [2.05, 4.69) is 27.5 Å². The van der Waals surface area contributed by atoms with Crippen LogP contribution in [-0.4, -0.2) is 49.2 Å². The molecule has 90 valence electrons. The fraction of sp³-hybridized carbons (Fsp3) is 0.750. The number of aryl methyl sites for hydroxylation is 1. The maximum absolute atomic E-state index is 8.51. The fourth-order valence-electron chi connectivity index (χ4n) is 1.38. The lowest BCUT2D eigenvalue weighted by Gasteiger charge is -2.18. The molecule has 0 radical (unpaired) electrons. The van der Waals surface area contributed by atoms with Crippen LogP contribution in [0.1, 0.15) is 19.2 Å². The lowest BCUT2D eigenvalue weighted by atomic mass is 10.3. The van der Waals surface area contributed by atoms with Gasteiger partial charge >= 0.3 is 0 Å². The molecular formula is C8H17N7O. The highest BCUT2D eigenvalue weighted by atomic mass is 16.4. The zero-order valence-electron chi connectivity index (χ0n) is 9.54. The average molecular weight is 227 g/mol. The summed E-state index contributed by atoms with van der Waals surface area (Å²) < 4.78 is 0. The highest BCUT2D eigenvalue weighted by Gasteiger charge is 2.10. The Labute approximate surface area is 93.7 Å². The molecule has 0 aliphatic rings. The Morgan fingerprint density at radius 1 is 1.62 bits per heavy atom. The normalized spacial score (nSPS) is 12.3. The fourth-order valence-corrected chi connectivity index (χ4v) is 1.38. The first-order valence-electron chi connectivity index (χ1n) is 5.07. The SMILES string of the molecule is CCCN(CC(N)=NO)Cc1nnn(C)n1. The lowest BCUT2D eigenvalue weighted by Crippen LogP contribution is -2.34. The van der Waals surface area contributed by atoms with Gasteiger partial charge in [-0.25, -0.2) is 0 Å². The Morgan fingerprint density at radius 3 is 2.88 bits per heavy atom. The van der Waals surface area contributed by atoms with Gasteiger partial charge in [-0.05, 0) is 18.2 Å². The van der Waals surface area contributed by atoms with E-state index in [-0.39, 0.29) is 5.84 Å². The minimum atomic E-state index is 0.178. The van der Waals surface area contributed by atoms with Gasteiger partial charge in [-0.2, -0.15) is 4.80 Å². The van der Waals surface area contributed by atoms with E-state index in [1.54, 1.807) is 7.05 Å². The monoisotopic (exact) mass is 227 g/mol. The minimum absolute atomic E-state index is 0.178. The second-order valence-electron chi connectivity index (χ2n) is 3.50. The van der Waals surface area contributed by atoms with Gasteiger partial charge in [-0.3, -0.25) is 4.90 Å². The van der Waals surface area contributed by atoms with Crippen molar-refractivity contribution in [2.24, 2.45) is 17.9 Å². The molecule has 0 saturated carbocycles. The molecule has 0 aromatic carbocycles. The third-order valence-corrected chi connectivity index (χ3v) is 1.97. The number of amidine groups is 1. The standard InChI is InChI=1S/C8H17N7O/c1-3-4-15(5-7(9)12-16)6-8-10-13-14(2)11-8/h16H,3-6H2,1-2H3,(H2,9,12). The Hall–Kier alpha value is -1.70. The molecule has 3 N–H and O–H groups in total. The molecule has 0 amide bonds. The number of tetrazole rings is 1. The van der Waals surface area contributed by atoms with Crippen molar-refractivity contribution in [2.75, 3.05) is 13.1 Å². The third-order valence-electron chi connectivity index (χ3n) is 1.97. The van der Waals surface area contributed by atoms with Crippen molar-refractivity contribution >= 4 is 5.84 Å². The first kappa shape index (κ1) is 12.4. The maximum atomic E-state index is 8.51. The van der Waals surface area contributed by atoms with Crippen molar-refractivity contribution in [1.29, 1.82) is 0 Å². The summed E-state index contributed by atoms with van der Waals surface area (Å²) in [5.74, 6) is 0.805. The van der Waals surface area contributed by atoms with Crippen LogP contribution in [-0.2, 0) is 13.6 Å². The number of oxime groups is 1. The van der Waals surface area contributed by atoms with Crippen LogP contribution in [0, 0.1) is 0 Å². The summed E-state index contributed by atoms with van der Waals surface area (Å²) in [7, 11) is 1.71. The van der Waals surface area contributed by atoms with Gasteiger partial charge in [0.25, 0.3) is 0 Å². The molecule has 8 heteroatoms. The molecular weight excluding hydrogens is 210 g/mol. The lowest BCUT2D eigenvalue weighted by molar-refractivity contribution is 0.280. The van der Waals surface area contributed by atoms with Crippen LogP contribution in [0.15, 0.2) is 5.16 Å². The van der Waals surface area contributed by atoms with E-state index in [1.807, 2.05) is 4.90 Å². The Kier molecular flexibility index (Phi) is 4.65. The molecule has 0 aliphatic heterocycles. The van der Waals surface area contributed by atoms with Crippen LogP contribution < -0.4 is 5.73 Å². The smallest absolute Gasteiger partial charge is 0.188 e. The van der Waals surface area contributed by atoms with Gasteiger partial charge in [0.15, 0.2) is 11.7 Å². The van der Waals surface area contributed by atoms with Gasteiger partial charge in [0, 0.05) is 0 Å². The summed E-state index contributed by atoms with van der Waals surface area (Å²) >= 11 is 0. The summed E-state index contributed by atoms with van der Waals surface area (Å²) in [6.45, 7) is 3.82. The summed E-state index contributed by atoms with van der Waals surface area (Å²) in [6.07, 6.45) is 0.971. The van der Waals surface area contributed by atoms with Crippen molar-refractivity contribution in [3.63, 3.8) is 0 Å². The first-order valence-corrected chi connectivity index (χ1v) is 5.07. The van der Waals surface area contributed by atoms with Crippen LogP contribution in [0.25, 0.3) is 0 Å². The van der Waals surface area contributed by atoms with Crippen LogP contribution in [0.2, 0.25) is 0 Å². The summed E-state index contributed by atoms with van der Waals surface area (Å²) in [5.41, 5.74) is 5.46. The molecule has 1 aromatic rings. The molecule has 0 saturated heterocycles. The molecule has 0 fully saturated rings. The molecule has 0 atom stereocenters. The Bertz CT molecular complexity index is 348. The molecule has 1 aromatic heterocycles. The number of nitrogens with zero attached hydrogens (tertiary/aromatic N) is 6. The number of aromatic nitrogens is 4. The van der Waals surface area contributed by atoms with Gasteiger partial charge in [-0.15, -0.1) is 10.2 Å². The number of nitrogens with two attached hydrogens (primary N) is 1. The van der Waals surface area contributed by atoms with Gasteiger partial charge in [-0.1, -0.05) is 12.1 Å². The van der Waals surface area contributed by atoms with Gasteiger partial charge in [0.2, 0.25) is 0 Å². The highest BCUT2D eigenvalue weighted by molar-refractivity contribution is 5.81. The van der Waals surface area contributed by atoms with Gasteiger partial charge in [0.05, 0.1) is 20.1 Å². The number of hydrogen-bond donors (Lipinski definition) is 2. The molecule has 0 unspecified atom stereocenters. The van der Waals surface area contributed by atoms with E-state index >= 15 is 0 Å². The second-order valence-corrected chi connectivity index (χ2v) is 3.50. The number of hydrogen-bond acceptors (Lipinski definition) is 6. The third kappa shape index (κ3) is 3.81. The minimum Gasteiger partial charge on any atom is -0.409 e. The van der Waals surface area contributed by atoms with E-state index in [4.69, 9.17) is 10.9 Å². The Balaban J connectivity index is 2.57. The molecule has 16 heavy (non-hydrogen) atoms. The second kappa shape index (κ2) is 6.01. The molecule has 1 rings (SSSR count). The van der Waals surface area contributed by atoms with E-state index in [9.17, 15) is 0 Å². The summed E-state index contributed by atoms with van der Waals surface area (Å²) in [6, 6.07) is 0. The topological polar surface area (TPSA) is 105 Å². The molecule has 0 spiro atoms. The van der Waals surface area contributed by atoms with Gasteiger partial charge < -0.3 is 10.9 Å². The van der Waals surface area contributed by atoms with Gasteiger partial charge in [0.1, 0.15) is 0 Å². The zero-order chi connectivity index (χ0) is 12.0. The molecule has 0 bridgehead atoms. The Morgan fingerprint density at radius 2 is 2.38 bits per heavy atom. The zero-order valence-corrected chi connectivity index (χ0v) is 9.54. The molecule has 1 heterocycles. The average Bonchev–Trinajstić information content (AvgIpc) is 2.64. The maximum Gasteiger partial charge on any atom is 0.188 e. The van der Waals surface area contributed by atoms with E-state index in [0.717, 1.165) is 13.0 Å². The van der Waals surface area contributed by atoms with Crippen LogP contribution in [0.5, 0.6) is 0 Å². The summed E-state index contributed by atoms with van der Waals surface area (Å²) in [4.78, 5) is 3.40. The van der Waals surface area contributed by atoms with E-state index < -0.39 is 0 Å². The van der Waals surface area contributed by atoms with Crippen LogP contribution >= 0.6 is 0 Å². The molecule has 8 nitrogen and oxygen atoms in total. The predicted octanol–water partition coefficient (Wildman–Crippen LogP) is -0.831. The van der Waals surface area contributed by atoms with Crippen molar-refractivity contribution < 1.29 is 5.21 Å². The van der Waals surface area contributed by atoms with E-state index in [1.165, 1.54) is 4.80 Å². The predicted molar refractivity (Wildman–Crippen MR) is 57.8 cm³/mol. The van der Waals surface area contributed by atoms with Crippen LogP contribution in [0.4, 0.5) is 0 Å². The largest absolute Gasteiger partial charge is 0.409 e. The quantitative estimate of drug-likeness (QED) is 0.284. The summed E-state index contributed by atoms with van der Waals surface area (Å²) in [5, 5.41) is 23.2. The van der Waals surface area contributed by atoms with Crippen LogP contribution in [0.3, 0.4) is 0 Å². The highest BCUT2D eigenvalue weighted by Crippen LogP contribution is 1.98. The van der Waals surface area contributed by atoms with Crippen molar-refractivity contribution in [3.8, 4) is 0 Å². The van der Waals surface area contributed by atoms with E-state index in [0.29, 0.717) is 18.9 Å². The van der Waals surface area contributed by atoms with Crippen molar-refractivity contribution in [1.82, 2.24) is 25.1 Å². The molecule has 0 aliphatic carbocycles. The number of rotatable bonds is 6. The first-order chi connectivity index (χ1) is 7.65.